The number of ether oxygens (including phenoxy) is 1. The highest BCUT2D eigenvalue weighted by atomic mass is 35.5. The summed E-state index contributed by atoms with van der Waals surface area (Å²) in [6.07, 6.45) is 0. The second-order valence-electron chi connectivity index (χ2n) is 3.83. The van der Waals surface area contributed by atoms with Gasteiger partial charge in [0.15, 0.2) is 0 Å². The fourth-order valence-electron chi connectivity index (χ4n) is 1.80. The van der Waals surface area contributed by atoms with Crippen molar-refractivity contribution in [3.63, 3.8) is 0 Å². The van der Waals surface area contributed by atoms with Crippen molar-refractivity contribution in [2.75, 3.05) is 31.4 Å². The van der Waals surface area contributed by atoms with E-state index < -0.39 is 0 Å². The first kappa shape index (κ1) is 13.5. The van der Waals surface area contributed by atoms with E-state index in [1.165, 1.54) is 0 Å². The molecule has 16 heavy (non-hydrogen) atoms. The molecular formula is C12H18ClNOS. The van der Waals surface area contributed by atoms with Crippen molar-refractivity contribution in [1.82, 2.24) is 0 Å². The van der Waals surface area contributed by atoms with Gasteiger partial charge in [0.05, 0.1) is 12.8 Å². The molecule has 0 amide bonds. The minimum absolute atomic E-state index is 0.796. The van der Waals surface area contributed by atoms with Gasteiger partial charge in [-0.2, -0.15) is 12.6 Å². The first-order valence-electron chi connectivity index (χ1n) is 5.18. The van der Waals surface area contributed by atoms with Crippen LogP contribution in [0, 0.1) is 13.8 Å². The van der Waals surface area contributed by atoms with E-state index in [1.807, 2.05) is 27.0 Å². The molecule has 1 aromatic rings. The largest absolute Gasteiger partial charge is 0.495 e. The fourth-order valence-corrected chi connectivity index (χ4v) is 2.25. The van der Waals surface area contributed by atoms with Crippen LogP contribution < -0.4 is 9.64 Å². The summed E-state index contributed by atoms with van der Waals surface area (Å²) in [7, 11) is 3.70. The zero-order valence-electron chi connectivity index (χ0n) is 10.2. The number of rotatable bonds is 4. The molecule has 0 N–H and O–H groups in total. The highest BCUT2D eigenvalue weighted by molar-refractivity contribution is 7.80. The Balaban J connectivity index is 3.29. The number of aryl methyl sites for hydroxylation is 1. The third-order valence-corrected chi connectivity index (χ3v) is 3.43. The van der Waals surface area contributed by atoms with E-state index in [0.717, 1.165) is 39.9 Å². The first-order chi connectivity index (χ1) is 7.52. The van der Waals surface area contributed by atoms with Gasteiger partial charge < -0.3 is 9.64 Å². The molecule has 0 spiro atoms. The molecule has 0 radical (unpaired) electrons. The smallest absolute Gasteiger partial charge is 0.142 e. The van der Waals surface area contributed by atoms with Gasteiger partial charge in [0.25, 0.3) is 0 Å². The van der Waals surface area contributed by atoms with E-state index >= 15 is 0 Å². The summed E-state index contributed by atoms with van der Waals surface area (Å²) in [5.41, 5.74) is 3.15. The number of methoxy groups -OCH3 is 1. The van der Waals surface area contributed by atoms with Crippen molar-refractivity contribution < 1.29 is 4.74 Å². The molecular weight excluding hydrogens is 242 g/mol. The number of benzene rings is 1. The van der Waals surface area contributed by atoms with Crippen LogP contribution in [0.4, 0.5) is 5.69 Å². The molecule has 0 aliphatic rings. The molecule has 90 valence electrons. The van der Waals surface area contributed by atoms with Gasteiger partial charge in [-0.25, -0.2) is 0 Å². The zero-order valence-corrected chi connectivity index (χ0v) is 11.8. The molecule has 0 aromatic heterocycles. The Kier molecular flexibility index (Phi) is 4.81. The number of anilines is 1. The van der Waals surface area contributed by atoms with Gasteiger partial charge in [0, 0.05) is 24.4 Å². The minimum Gasteiger partial charge on any atom is -0.495 e. The van der Waals surface area contributed by atoms with Crippen LogP contribution in [0.25, 0.3) is 0 Å². The third kappa shape index (κ3) is 2.58. The van der Waals surface area contributed by atoms with Gasteiger partial charge in [-0.1, -0.05) is 11.6 Å². The average Bonchev–Trinajstić information content (AvgIpc) is 2.25. The molecule has 0 aliphatic heterocycles. The molecule has 4 heteroatoms. The molecule has 0 aliphatic carbocycles. The lowest BCUT2D eigenvalue weighted by atomic mass is 10.1. The molecule has 0 saturated carbocycles. The number of thiol groups is 1. The first-order valence-corrected chi connectivity index (χ1v) is 6.19. The highest BCUT2D eigenvalue weighted by Crippen LogP contribution is 2.37. The maximum Gasteiger partial charge on any atom is 0.142 e. The lowest BCUT2D eigenvalue weighted by Gasteiger charge is -2.24. The molecule has 1 aromatic carbocycles. The fraction of sp³-hybridized carbons (Fsp3) is 0.500. The van der Waals surface area contributed by atoms with Crippen LogP contribution in [0.1, 0.15) is 11.1 Å². The monoisotopic (exact) mass is 259 g/mol. The van der Waals surface area contributed by atoms with E-state index in [2.05, 4.69) is 17.5 Å². The minimum atomic E-state index is 0.796. The molecule has 0 atom stereocenters. The summed E-state index contributed by atoms with van der Waals surface area (Å²) in [5, 5.41) is 0.807. The topological polar surface area (TPSA) is 12.5 Å². The van der Waals surface area contributed by atoms with E-state index in [-0.39, 0.29) is 0 Å². The summed E-state index contributed by atoms with van der Waals surface area (Å²) in [5.74, 6) is 1.66. The van der Waals surface area contributed by atoms with Gasteiger partial charge in [0.2, 0.25) is 0 Å². The van der Waals surface area contributed by atoms with Crippen LogP contribution >= 0.6 is 24.2 Å². The van der Waals surface area contributed by atoms with E-state index in [9.17, 15) is 0 Å². The Morgan fingerprint density at radius 3 is 2.56 bits per heavy atom. The number of hydrogen-bond acceptors (Lipinski definition) is 3. The van der Waals surface area contributed by atoms with Crippen molar-refractivity contribution in [3.8, 4) is 5.75 Å². The van der Waals surface area contributed by atoms with Crippen molar-refractivity contribution >= 4 is 29.9 Å². The lowest BCUT2D eigenvalue weighted by Crippen LogP contribution is -2.21. The lowest BCUT2D eigenvalue weighted by molar-refractivity contribution is 0.414. The number of nitrogens with zero attached hydrogens (tertiary/aromatic N) is 1. The third-order valence-electron chi connectivity index (χ3n) is 2.65. The zero-order chi connectivity index (χ0) is 12.3. The Hall–Kier alpha value is -0.540. The van der Waals surface area contributed by atoms with Crippen LogP contribution in [0.2, 0.25) is 5.02 Å². The Morgan fingerprint density at radius 1 is 1.44 bits per heavy atom. The van der Waals surface area contributed by atoms with E-state index in [0.29, 0.717) is 0 Å². The van der Waals surface area contributed by atoms with E-state index in [4.69, 9.17) is 16.3 Å². The maximum absolute atomic E-state index is 6.25. The SMILES string of the molecule is COc1cc(C)c(Cl)c(C)c1N(C)CCS. The summed E-state index contributed by atoms with van der Waals surface area (Å²) < 4.78 is 5.40. The van der Waals surface area contributed by atoms with Gasteiger partial charge >= 0.3 is 0 Å². The Labute approximate surface area is 108 Å². The average molecular weight is 260 g/mol. The number of hydrogen-bond donors (Lipinski definition) is 1. The standard InChI is InChI=1S/C12H18ClNOS/c1-8-7-10(15-4)12(9(2)11(8)13)14(3)5-6-16/h7,16H,5-6H2,1-4H3. The van der Waals surface area contributed by atoms with Crippen LogP contribution in [-0.2, 0) is 0 Å². The molecule has 0 heterocycles. The summed E-state index contributed by atoms with van der Waals surface area (Å²) in [6, 6.07) is 1.97. The summed E-state index contributed by atoms with van der Waals surface area (Å²) in [6.45, 7) is 4.86. The predicted octanol–water partition coefficient (Wildman–Crippen LogP) is 3.33. The van der Waals surface area contributed by atoms with Crippen molar-refractivity contribution in [2.45, 2.75) is 13.8 Å². The summed E-state index contributed by atoms with van der Waals surface area (Å²) in [4.78, 5) is 2.12. The second-order valence-corrected chi connectivity index (χ2v) is 4.65. The van der Waals surface area contributed by atoms with Crippen molar-refractivity contribution in [1.29, 1.82) is 0 Å². The quantitative estimate of drug-likeness (QED) is 0.833. The summed E-state index contributed by atoms with van der Waals surface area (Å²) >= 11 is 10.5. The number of halogens is 1. The van der Waals surface area contributed by atoms with Crippen molar-refractivity contribution in [2.24, 2.45) is 0 Å². The van der Waals surface area contributed by atoms with Crippen molar-refractivity contribution in [3.05, 3.63) is 22.2 Å². The second kappa shape index (κ2) is 5.69. The molecule has 1 rings (SSSR count). The van der Waals surface area contributed by atoms with Gasteiger partial charge in [-0.15, -0.1) is 0 Å². The predicted molar refractivity (Wildman–Crippen MR) is 74.6 cm³/mol. The molecule has 0 bridgehead atoms. The van der Waals surface area contributed by atoms with Crippen LogP contribution in [-0.4, -0.2) is 26.5 Å². The normalized spacial score (nSPS) is 10.4. The molecule has 2 nitrogen and oxygen atoms in total. The molecule has 0 saturated heterocycles. The van der Waals surface area contributed by atoms with Gasteiger partial charge in [-0.05, 0) is 31.0 Å². The Bertz CT molecular complexity index is 382. The van der Waals surface area contributed by atoms with E-state index in [1.54, 1.807) is 7.11 Å². The molecule has 0 fully saturated rings. The molecule has 0 unspecified atom stereocenters. The van der Waals surface area contributed by atoms with Crippen LogP contribution in [0.5, 0.6) is 5.75 Å². The van der Waals surface area contributed by atoms with Gasteiger partial charge in [0.1, 0.15) is 5.75 Å². The highest BCUT2D eigenvalue weighted by Gasteiger charge is 2.15. The van der Waals surface area contributed by atoms with Gasteiger partial charge in [-0.3, -0.25) is 0 Å². The Morgan fingerprint density at radius 2 is 2.06 bits per heavy atom. The van der Waals surface area contributed by atoms with Crippen LogP contribution in [0.15, 0.2) is 6.07 Å². The maximum atomic E-state index is 6.25. The van der Waals surface area contributed by atoms with Crippen LogP contribution in [0.3, 0.4) is 0 Å².